The van der Waals surface area contributed by atoms with Gasteiger partial charge in [0.25, 0.3) is 5.91 Å². The lowest BCUT2D eigenvalue weighted by molar-refractivity contribution is -0.147. The number of piperidine rings is 1. The van der Waals surface area contributed by atoms with Crippen LogP contribution in [0.2, 0.25) is 0 Å². The molecule has 1 atom stereocenters. The van der Waals surface area contributed by atoms with Crippen LogP contribution in [0.1, 0.15) is 45.1 Å². The van der Waals surface area contributed by atoms with Gasteiger partial charge in [0.05, 0.1) is 12.1 Å². The zero-order valence-corrected chi connectivity index (χ0v) is 26.3. The minimum Gasteiger partial charge on any atom is -0.478 e. The van der Waals surface area contributed by atoms with Gasteiger partial charge in [0.2, 0.25) is 5.91 Å². The summed E-state index contributed by atoms with van der Waals surface area (Å²) >= 11 is 0. The van der Waals surface area contributed by atoms with E-state index in [2.05, 4.69) is 15.1 Å². The molecule has 2 aliphatic heterocycles. The van der Waals surface area contributed by atoms with Crippen LogP contribution in [0.3, 0.4) is 0 Å². The van der Waals surface area contributed by atoms with Crippen molar-refractivity contribution in [3.05, 3.63) is 66.2 Å². The number of aromatic amines is 1. The summed E-state index contributed by atoms with van der Waals surface area (Å²) in [5.41, 5.74) is 1.81. The molecule has 46 heavy (non-hydrogen) atoms. The van der Waals surface area contributed by atoms with Crippen LogP contribution in [0.5, 0.6) is 5.75 Å². The van der Waals surface area contributed by atoms with Gasteiger partial charge in [0, 0.05) is 80.9 Å². The maximum atomic E-state index is 15.2. The molecule has 3 aliphatic rings. The van der Waals surface area contributed by atoms with Gasteiger partial charge in [0.15, 0.2) is 5.60 Å². The Kier molecular flexibility index (Phi) is 8.88. The number of carbonyl (C=O) groups is 3. The molecule has 0 unspecified atom stereocenters. The smallest absolute Gasteiger partial charge is 0.407 e. The molecule has 0 spiro atoms. The molecule has 1 aliphatic carbocycles. The van der Waals surface area contributed by atoms with E-state index in [9.17, 15) is 19.5 Å². The molecule has 3 heterocycles. The first-order valence-corrected chi connectivity index (χ1v) is 16.0. The van der Waals surface area contributed by atoms with Crippen LogP contribution in [-0.4, -0.2) is 98.8 Å². The quantitative estimate of drug-likeness (QED) is 0.354. The average molecular weight is 633 g/mol. The van der Waals surface area contributed by atoms with Crippen molar-refractivity contribution in [2.75, 3.05) is 44.2 Å². The topological polar surface area (TPSA) is 122 Å². The Bertz CT molecular complexity index is 1570. The van der Waals surface area contributed by atoms with E-state index in [0.29, 0.717) is 30.9 Å². The number of H-pyrrole nitrogens is 1. The summed E-state index contributed by atoms with van der Waals surface area (Å²) in [4.78, 5) is 45.5. The fourth-order valence-electron chi connectivity index (χ4n) is 6.43. The fourth-order valence-corrected chi connectivity index (χ4v) is 6.43. The number of carboxylic acid groups (broad SMARTS) is 1. The molecule has 244 valence electrons. The van der Waals surface area contributed by atoms with Gasteiger partial charge in [-0.05, 0) is 63.3 Å². The summed E-state index contributed by atoms with van der Waals surface area (Å²) in [6, 6.07) is 12.9. The molecule has 3 fully saturated rings. The minimum absolute atomic E-state index is 0.0626. The van der Waals surface area contributed by atoms with E-state index < -0.39 is 11.7 Å². The molecule has 2 aromatic carbocycles. The standard InChI is InChI=1S/C34H41FN6O5/c1-34(2,32(43)38-13-15-39(16-14-38)33(44)45)46-29-7-3-6-28(18-29)40-12-4-5-25(21-40)31(42)41(27-10-11-27)22-24-9-8-23(17-30(24)35)26-19-36-37-20-26/h3,6-9,17-20,25,27H,4-5,10-16,21-22H2,1-2H3,(H,36,37)(H,44,45)/t25-/m1/s1. The molecule has 2 N–H and O–H groups in total. The Morgan fingerprint density at radius 3 is 2.46 bits per heavy atom. The van der Waals surface area contributed by atoms with Gasteiger partial charge in [-0.1, -0.05) is 18.2 Å². The van der Waals surface area contributed by atoms with E-state index in [1.165, 1.54) is 11.0 Å². The first kappa shape index (κ1) is 31.4. The van der Waals surface area contributed by atoms with Crippen molar-refractivity contribution < 1.29 is 28.6 Å². The number of amides is 3. The highest BCUT2D eigenvalue weighted by molar-refractivity contribution is 5.85. The summed E-state index contributed by atoms with van der Waals surface area (Å²) in [6.07, 6.45) is 5.87. The average Bonchev–Trinajstić information content (AvgIpc) is 3.75. The van der Waals surface area contributed by atoms with Crippen LogP contribution in [0.25, 0.3) is 11.1 Å². The van der Waals surface area contributed by atoms with Crippen molar-refractivity contribution in [2.24, 2.45) is 5.92 Å². The highest BCUT2D eigenvalue weighted by Gasteiger charge is 2.39. The monoisotopic (exact) mass is 632 g/mol. The number of rotatable bonds is 9. The predicted molar refractivity (Wildman–Crippen MR) is 170 cm³/mol. The molecule has 3 aromatic rings. The molecule has 0 bridgehead atoms. The maximum Gasteiger partial charge on any atom is 0.407 e. The Morgan fingerprint density at radius 2 is 1.78 bits per heavy atom. The number of carbonyl (C=O) groups excluding carboxylic acids is 2. The third-order valence-electron chi connectivity index (χ3n) is 9.17. The number of anilines is 1. The number of nitrogens with one attached hydrogen (secondary N) is 1. The molecular weight excluding hydrogens is 591 g/mol. The summed E-state index contributed by atoms with van der Waals surface area (Å²) in [6.45, 7) is 6.21. The zero-order valence-electron chi connectivity index (χ0n) is 26.3. The lowest BCUT2D eigenvalue weighted by atomic mass is 9.95. The molecule has 1 saturated carbocycles. The van der Waals surface area contributed by atoms with Crippen molar-refractivity contribution in [3.63, 3.8) is 0 Å². The van der Waals surface area contributed by atoms with Crippen LogP contribution < -0.4 is 9.64 Å². The number of benzene rings is 2. The third kappa shape index (κ3) is 6.95. The van der Waals surface area contributed by atoms with Gasteiger partial charge in [0.1, 0.15) is 11.6 Å². The van der Waals surface area contributed by atoms with Gasteiger partial charge < -0.3 is 29.4 Å². The van der Waals surface area contributed by atoms with Crippen molar-refractivity contribution in [2.45, 2.75) is 57.7 Å². The van der Waals surface area contributed by atoms with Gasteiger partial charge in [-0.25, -0.2) is 9.18 Å². The van der Waals surface area contributed by atoms with Crippen LogP contribution in [0.15, 0.2) is 54.9 Å². The zero-order chi connectivity index (χ0) is 32.4. The molecule has 0 radical (unpaired) electrons. The SMILES string of the molecule is CC(C)(Oc1cccc(N2CCC[C@@H](C(=O)N(Cc3ccc(-c4cn[nH]c4)cc3F)C3CC3)C2)c1)C(=O)N1CCN(C(=O)O)CC1. The molecule has 3 amide bonds. The summed E-state index contributed by atoms with van der Waals surface area (Å²) in [5, 5.41) is 15.9. The molecular formula is C34H41FN6O5. The molecule has 6 rings (SSSR count). The van der Waals surface area contributed by atoms with Crippen LogP contribution in [0.4, 0.5) is 14.9 Å². The van der Waals surface area contributed by atoms with E-state index in [0.717, 1.165) is 49.0 Å². The number of hydrogen-bond donors (Lipinski definition) is 2. The van der Waals surface area contributed by atoms with Crippen LogP contribution >= 0.6 is 0 Å². The third-order valence-corrected chi connectivity index (χ3v) is 9.17. The Hall–Kier alpha value is -4.61. The van der Waals surface area contributed by atoms with E-state index in [4.69, 9.17) is 4.74 Å². The highest BCUT2D eigenvalue weighted by atomic mass is 19.1. The van der Waals surface area contributed by atoms with E-state index in [1.807, 2.05) is 35.2 Å². The lowest BCUT2D eigenvalue weighted by Gasteiger charge is -2.38. The summed E-state index contributed by atoms with van der Waals surface area (Å²) in [5.74, 6) is -0.132. The Balaban J connectivity index is 1.10. The van der Waals surface area contributed by atoms with Gasteiger partial charge in [-0.15, -0.1) is 0 Å². The number of hydrogen-bond acceptors (Lipinski definition) is 6. The number of piperazine rings is 1. The lowest BCUT2D eigenvalue weighted by Crippen LogP contribution is -2.56. The normalized spacial score (nSPS) is 18.8. The molecule has 11 nitrogen and oxygen atoms in total. The largest absolute Gasteiger partial charge is 0.478 e. The first-order valence-electron chi connectivity index (χ1n) is 16.0. The van der Waals surface area contributed by atoms with Gasteiger partial charge >= 0.3 is 6.09 Å². The van der Waals surface area contributed by atoms with Gasteiger partial charge in [-0.2, -0.15) is 5.10 Å². The maximum absolute atomic E-state index is 15.2. The summed E-state index contributed by atoms with van der Waals surface area (Å²) < 4.78 is 21.4. The Labute approximate surface area is 267 Å². The second kappa shape index (κ2) is 13.0. The van der Waals surface area contributed by atoms with Crippen LogP contribution in [-0.2, 0) is 16.1 Å². The Morgan fingerprint density at radius 1 is 1.02 bits per heavy atom. The minimum atomic E-state index is -1.15. The molecule has 2 saturated heterocycles. The number of halogens is 1. The number of aromatic nitrogens is 2. The van der Waals surface area contributed by atoms with Crippen molar-refractivity contribution in [3.8, 4) is 16.9 Å². The second-order valence-corrected chi connectivity index (χ2v) is 12.9. The van der Waals surface area contributed by atoms with Crippen molar-refractivity contribution >= 4 is 23.6 Å². The van der Waals surface area contributed by atoms with Crippen molar-refractivity contribution in [1.82, 2.24) is 24.9 Å². The van der Waals surface area contributed by atoms with E-state index >= 15 is 4.39 Å². The highest BCUT2D eigenvalue weighted by Crippen LogP contribution is 2.34. The predicted octanol–water partition coefficient (Wildman–Crippen LogP) is 4.60. The number of ether oxygens (including phenoxy) is 1. The van der Waals surface area contributed by atoms with Crippen LogP contribution in [0, 0.1) is 11.7 Å². The second-order valence-electron chi connectivity index (χ2n) is 12.9. The molecule has 12 heteroatoms. The number of nitrogens with zero attached hydrogens (tertiary/aromatic N) is 5. The fraction of sp³-hybridized carbons (Fsp3) is 0.471. The first-order chi connectivity index (χ1) is 22.1. The van der Waals surface area contributed by atoms with Gasteiger partial charge in [-0.3, -0.25) is 14.7 Å². The summed E-state index contributed by atoms with van der Waals surface area (Å²) in [7, 11) is 0. The molecule has 1 aromatic heterocycles. The van der Waals surface area contributed by atoms with E-state index in [-0.39, 0.29) is 49.2 Å². The van der Waals surface area contributed by atoms with E-state index in [1.54, 1.807) is 37.2 Å². The van der Waals surface area contributed by atoms with Crippen molar-refractivity contribution in [1.29, 1.82) is 0 Å².